The molecular formula is C27H27N5O2. The average Bonchev–Trinajstić information content (AvgIpc) is 2.84. The Kier molecular flexibility index (Phi) is 6.90. The van der Waals surface area contributed by atoms with E-state index in [0.717, 1.165) is 30.8 Å². The highest BCUT2D eigenvalue weighted by Gasteiger charge is 2.16. The summed E-state index contributed by atoms with van der Waals surface area (Å²) in [5, 5.41) is 17.5. The van der Waals surface area contributed by atoms with Gasteiger partial charge in [0.25, 0.3) is 5.91 Å². The number of likely N-dealkylation sites (N-methyl/N-ethyl adjacent to an activating group) is 1. The molecule has 1 heterocycles. The first-order valence-corrected chi connectivity index (χ1v) is 11.2. The van der Waals surface area contributed by atoms with E-state index < -0.39 is 0 Å². The van der Waals surface area contributed by atoms with E-state index in [4.69, 9.17) is 5.26 Å². The number of nitrogens with zero attached hydrogens (tertiary/aromatic N) is 2. The van der Waals surface area contributed by atoms with E-state index in [1.54, 1.807) is 36.4 Å². The van der Waals surface area contributed by atoms with Crippen molar-refractivity contribution in [2.75, 3.05) is 24.2 Å². The molecule has 34 heavy (non-hydrogen) atoms. The standard InChI is InChI=1S/C27H27N5O2/c1-18(29-27(34)31-24-9-6-19(16-28)7-10-24)21-4-3-5-22(14-21)26(33)30-25-11-8-20-12-13-32(2)17-23(20)15-25/h3-11,14-15,18H,12-13,17H2,1-2H3,(H,30,33)(H2,29,31,34)/t18-/m1/s1. The van der Waals surface area contributed by atoms with Crippen molar-refractivity contribution < 1.29 is 9.59 Å². The summed E-state index contributed by atoms with van der Waals surface area (Å²) in [5.74, 6) is -0.194. The lowest BCUT2D eigenvalue weighted by Crippen LogP contribution is -2.31. The topological polar surface area (TPSA) is 97.3 Å². The quantitative estimate of drug-likeness (QED) is 0.522. The molecular weight excluding hydrogens is 426 g/mol. The van der Waals surface area contributed by atoms with Gasteiger partial charge in [-0.05, 0) is 85.6 Å². The number of urea groups is 1. The van der Waals surface area contributed by atoms with Crippen LogP contribution < -0.4 is 16.0 Å². The Hall–Kier alpha value is -4.15. The molecule has 1 atom stereocenters. The van der Waals surface area contributed by atoms with Crippen LogP contribution in [0.3, 0.4) is 0 Å². The first-order chi connectivity index (χ1) is 16.4. The Balaban J connectivity index is 1.38. The second-order valence-corrected chi connectivity index (χ2v) is 8.56. The van der Waals surface area contributed by atoms with Crippen molar-refractivity contribution in [1.29, 1.82) is 5.26 Å². The molecule has 0 saturated heterocycles. The van der Waals surface area contributed by atoms with Crippen LogP contribution in [0.2, 0.25) is 0 Å². The highest BCUT2D eigenvalue weighted by molar-refractivity contribution is 6.04. The molecule has 3 aromatic carbocycles. The zero-order valence-electron chi connectivity index (χ0n) is 19.3. The predicted octanol–water partition coefficient (Wildman–Crippen LogP) is 4.68. The molecule has 3 N–H and O–H groups in total. The molecule has 3 amide bonds. The molecule has 0 radical (unpaired) electrons. The lowest BCUT2D eigenvalue weighted by molar-refractivity contribution is 0.102. The third-order valence-electron chi connectivity index (χ3n) is 5.94. The van der Waals surface area contributed by atoms with E-state index in [9.17, 15) is 9.59 Å². The number of carbonyl (C=O) groups excluding carboxylic acids is 2. The maximum absolute atomic E-state index is 12.9. The van der Waals surface area contributed by atoms with Crippen LogP contribution in [0.1, 0.15) is 45.6 Å². The number of nitriles is 1. The molecule has 1 aliphatic heterocycles. The van der Waals surface area contributed by atoms with E-state index in [-0.39, 0.29) is 18.0 Å². The minimum absolute atomic E-state index is 0.194. The van der Waals surface area contributed by atoms with Crippen molar-refractivity contribution >= 4 is 23.3 Å². The number of benzene rings is 3. The number of carbonyl (C=O) groups is 2. The van der Waals surface area contributed by atoms with Crippen LogP contribution in [-0.4, -0.2) is 30.4 Å². The predicted molar refractivity (Wildman–Crippen MR) is 133 cm³/mol. The fourth-order valence-electron chi connectivity index (χ4n) is 4.00. The van der Waals surface area contributed by atoms with E-state index >= 15 is 0 Å². The summed E-state index contributed by atoms with van der Waals surface area (Å²) in [7, 11) is 2.10. The molecule has 0 bridgehead atoms. The normalized spacial score (nSPS) is 13.8. The minimum Gasteiger partial charge on any atom is -0.331 e. The molecule has 0 spiro atoms. The third kappa shape index (κ3) is 5.61. The van der Waals surface area contributed by atoms with Crippen molar-refractivity contribution in [3.8, 4) is 6.07 Å². The maximum Gasteiger partial charge on any atom is 0.319 e. The Labute approximate surface area is 199 Å². The molecule has 7 nitrogen and oxygen atoms in total. The summed E-state index contributed by atoms with van der Waals surface area (Å²) in [6.07, 6.45) is 1.02. The van der Waals surface area contributed by atoms with Crippen LogP contribution in [0, 0.1) is 11.3 Å². The zero-order valence-corrected chi connectivity index (χ0v) is 19.3. The van der Waals surface area contributed by atoms with Gasteiger partial charge in [0.2, 0.25) is 0 Å². The molecule has 7 heteroatoms. The van der Waals surface area contributed by atoms with Gasteiger partial charge in [0.1, 0.15) is 0 Å². The van der Waals surface area contributed by atoms with Gasteiger partial charge in [-0.15, -0.1) is 0 Å². The van der Waals surface area contributed by atoms with Gasteiger partial charge in [-0.2, -0.15) is 5.26 Å². The van der Waals surface area contributed by atoms with Crippen LogP contribution >= 0.6 is 0 Å². The molecule has 0 saturated carbocycles. The largest absolute Gasteiger partial charge is 0.331 e. The van der Waals surface area contributed by atoms with Gasteiger partial charge in [-0.25, -0.2) is 4.79 Å². The summed E-state index contributed by atoms with van der Waals surface area (Å²) in [6, 6.07) is 21.3. The molecule has 3 aromatic rings. The van der Waals surface area contributed by atoms with Crippen LogP contribution in [0.5, 0.6) is 0 Å². The molecule has 0 fully saturated rings. The van der Waals surface area contributed by atoms with Crippen molar-refractivity contribution in [3.05, 3.63) is 94.5 Å². The van der Waals surface area contributed by atoms with E-state index in [0.29, 0.717) is 16.8 Å². The van der Waals surface area contributed by atoms with E-state index in [1.807, 2.05) is 37.3 Å². The number of anilines is 2. The van der Waals surface area contributed by atoms with Crippen LogP contribution in [0.25, 0.3) is 0 Å². The molecule has 0 aliphatic carbocycles. The second kappa shape index (κ2) is 10.2. The third-order valence-corrected chi connectivity index (χ3v) is 5.94. The number of amides is 3. The van der Waals surface area contributed by atoms with E-state index in [1.165, 1.54) is 11.1 Å². The maximum atomic E-state index is 12.9. The van der Waals surface area contributed by atoms with E-state index in [2.05, 4.69) is 34.0 Å². The van der Waals surface area contributed by atoms with Gasteiger partial charge in [-0.1, -0.05) is 18.2 Å². The first-order valence-electron chi connectivity index (χ1n) is 11.2. The van der Waals surface area contributed by atoms with Gasteiger partial charge in [-0.3, -0.25) is 4.79 Å². The molecule has 172 valence electrons. The number of hydrogen-bond donors (Lipinski definition) is 3. The highest BCUT2D eigenvalue weighted by atomic mass is 16.2. The van der Waals surface area contributed by atoms with Crippen molar-refractivity contribution in [2.24, 2.45) is 0 Å². The van der Waals surface area contributed by atoms with Crippen LogP contribution in [0.15, 0.2) is 66.7 Å². The summed E-state index contributed by atoms with van der Waals surface area (Å²) >= 11 is 0. The number of fused-ring (bicyclic) bond motifs is 1. The summed E-state index contributed by atoms with van der Waals surface area (Å²) in [4.78, 5) is 27.5. The minimum atomic E-state index is -0.369. The lowest BCUT2D eigenvalue weighted by Gasteiger charge is -2.25. The van der Waals surface area contributed by atoms with Crippen molar-refractivity contribution in [1.82, 2.24) is 10.2 Å². The van der Waals surface area contributed by atoms with Crippen molar-refractivity contribution in [3.63, 3.8) is 0 Å². The molecule has 0 unspecified atom stereocenters. The number of hydrogen-bond acceptors (Lipinski definition) is 4. The monoisotopic (exact) mass is 453 g/mol. The van der Waals surface area contributed by atoms with Crippen LogP contribution in [0.4, 0.5) is 16.2 Å². The average molecular weight is 454 g/mol. The van der Waals surface area contributed by atoms with Crippen molar-refractivity contribution in [2.45, 2.75) is 25.9 Å². The first kappa shape index (κ1) is 23.0. The highest BCUT2D eigenvalue weighted by Crippen LogP contribution is 2.23. The summed E-state index contributed by atoms with van der Waals surface area (Å²) in [5.41, 5.74) is 5.80. The fourth-order valence-corrected chi connectivity index (χ4v) is 4.00. The lowest BCUT2D eigenvalue weighted by atomic mass is 9.99. The number of nitrogens with one attached hydrogen (secondary N) is 3. The molecule has 1 aliphatic rings. The Bertz CT molecular complexity index is 1250. The molecule has 4 rings (SSSR count). The Morgan fingerprint density at radius 2 is 1.74 bits per heavy atom. The molecule has 0 aromatic heterocycles. The zero-order chi connectivity index (χ0) is 24.1. The Morgan fingerprint density at radius 1 is 0.971 bits per heavy atom. The van der Waals surface area contributed by atoms with Gasteiger partial charge in [0.05, 0.1) is 17.7 Å². The van der Waals surface area contributed by atoms with Gasteiger partial charge in [0.15, 0.2) is 0 Å². The summed E-state index contributed by atoms with van der Waals surface area (Å²) in [6.45, 7) is 3.78. The Morgan fingerprint density at radius 3 is 2.50 bits per heavy atom. The summed E-state index contributed by atoms with van der Waals surface area (Å²) < 4.78 is 0. The number of rotatable bonds is 5. The smallest absolute Gasteiger partial charge is 0.319 e. The van der Waals surface area contributed by atoms with Gasteiger partial charge in [0, 0.05) is 30.0 Å². The fraction of sp³-hybridized carbons (Fsp3) is 0.222. The SMILES string of the molecule is C[C@@H](NC(=O)Nc1ccc(C#N)cc1)c1cccc(C(=O)Nc2ccc3c(c2)CN(C)CC3)c1. The van der Waals surface area contributed by atoms with Gasteiger partial charge >= 0.3 is 6.03 Å². The van der Waals surface area contributed by atoms with Crippen LogP contribution in [-0.2, 0) is 13.0 Å². The second-order valence-electron chi connectivity index (χ2n) is 8.56. The van der Waals surface area contributed by atoms with Gasteiger partial charge < -0.3 is 20.9 Å².